The van der Waals surface area contributed by atoms with Crippen molar-refractivity contribution in [3.05, 3.63) is 81.7 Å². The third-order valence-corrected chi connectivity index (χ3v) is 6.12. The third kappa shape index (κ3) is 3.63. The highest BCUT2D eigenvalue weighted by molar-refractivity contribution is 7.10. The summed E-state index contributed by atoms with van der Waals surface area (Å²) in [6.45, 7) is -3.08. The highest BCUT2D eigenvalue weighted by Gasteiger charge is 2.28. The summed E-state index contributed by atoms with van der Waals surface area (Å²) < 4.78 is 32.2. The molecule has 0 N–H and O–H groups in total. The lowest BCUT2D eigenvalue weighted by Gasteiger charge is -2.13. The first kappa shape index (κ1) is 19.6. The molecule has 1 aliphatic rings. The number of hydrogen-bond donors (Lipinski definition) is 0. The standard InChI is InChI=1S/C23H17F2N3O2S/c24-23(25)28-10-9-26-19(28)13-30-22(29)20-16-5-1-2-6-18(16)27-21-14(7-8-17(20)21)12-15-4-3-11-31-15/h1-6,9-12,23H,7-8,13H2/b14-12+. The summed E-state index contributed by atoms with van der Waals surface area (Å²) in [5.41, 5.74) is 3.86. The Morgan fingerprint density at radius 1 is 1.23 bits per heavy atom. The van der Waals surface area contributed by atoms with Gasteiger partial charge in [0.15, 0.2) is 5.82 Å². The van der Waals surface area contributed by atoms with Gasteiger partial charge < -0.3 is 4.74 Å². The third-order valence-electron chi connectivity index (χ3n) is 5.30. The number of pyridine rings is 1. The fourth-order valence-electron chi connectivity index (χ4n) is 3.89. The maximum Gasteiger partial charge on any atom is 0.339 e. The van der Waals surface area contributed by atoms with Crippen LogP contribution in [0.2, 0.25) is 0 Å². The van der Waals surface area contributed by atoms with Crippen molar-refractivity contribution in [2.75, 3.05) is 0 Å². The number of alkyl halides is 2. The van der Waals surface area contributed by atoms with E-state index in [9.17, 15) is 13.6 Å². The van der Waals surface area contributed by atoms with Gasteiger partial charge in [0.2, 0.25) is 0 Å². The van der Waals surface area contributed by atoms with Crippen LogP contribution in [0.5, 0.6) is 0 Å². The van der Waals surface area contributed by atoms with Gasteiger partial charge in [0.05, 0.1) is 16.8 Å². The zero-order valence-electron chi connectivity index (χ0n) is 16.3. The van der Waals surface area contributed by atoms with Crippen molar-refractivity contribution in [1.29, 1.82) is 0 Å². The van der Waals surface area contributed by atoms with Crippen molar-refractivity contribution < 1.29 is 18.3 Å². The minimum Gasteiger partial charge on any atom is -0.454 e. The highest BCUT2D eigenvalue weighted by Crippen LogP contribution is 2.38. The van der Waals surface area contributed by atoms with Crippen molar-refractivity contribution in [2.45, 2.75) is 26.0 Å². The molecule has 0 atom stereocenters. The molecule has 0 saturated carbocycles. The molecule has 0 amide bonds. The number of esters is 1. The van der Waals surface area contributed by atoms with E-state index in [2.05, 4.69) is 11.1 Å². The molecule has 4 aromatic rings. The van der Waals surface area contributed by atoms with E-state index in [0.717, 1.165) is 34.3 Å². The van der Waals surface area contributed by atoms with Gasteiger partial charge in [-0.05, 0) is 47.6 Å². The number of halogens is 2. The largest absolute Gasteiger partial charge is 0.454 e. The first-order valence-corrected chi connectivity index (χ1v) is 10.6. The predicted octanol–water partition coefficient (Wildman–Crippen LogP) is 5.73. The number of carbonyl (C=O) groups excluding carboxylic acids is 1. The number of fused-ring (bicyclic) bond motifs is 2. The molecule has 3 aromatic heterocycles. The molecule has 0 saturated heterocycles. The van der Waals surface area contributed by atoms with Gasteiger partial charge in [-0.15, -0.1) is 11.3 Å². The lowest BCUT2D eigenvalue weighted by atomic mass is 10.0. The Bertz CT molecular complexity index is 1300. The summed E-state index contributed by atoms with van der Waals surface area (Å²) in [6, 6.07) is 11.4. The maximum absolute atomic E-state index is 13.1. The minimum atomic E-state index is -2.74. The molecule has 0 bridgehead atoms. The van der Waals surface area contributed by atoms with E-state index in [-0.39, 0.29) is 12.4 Å². The lowest BCUT2D eigenvalue weighted by molar-refractivity contribution is 0.0377. The molecule has 0 aliphatic heterocycles. The molecule has 3 heterocycles. The Morgan fingerprint density at radius 3 is 2.90 bits per heavy atom. The summed E-state index contributed by atoms with van der Waals surface area (Å²) in [4.78, 5) is 23.0. The molecule has 31 heavy (non-hydrogen) atoms. The average molecular weight is 437 g/mol. The number of rotatable bonds is 5. The topological polar surface area (TPSA) is 57.0 Å². The zero-order valence-corrected chi connectivity index (χ0v) is 17.1. The van der Waals surface area contributed by atoms with Crippen LogP contribution in [0.1, 0.15) is 45.3 Å². The number of carbonyl (C=O) groups is 1. The van der Waals surface area contributed by atoms with Crippen LogP contribution in [0.4, 0.5) is 8.78 Å². The molecule has 0 spiro atoms. The van der Waals surface area contributed by atoms with Gasteiger partial charge >= 0.3 is 12.5 Å². The second-order valence-electron chi connectivity index (χ2n) is 7.12. The Balaban J connectivity index is 1.54. The molecular weight excluding hydrogens is 420 g/mol. The van der Waals surface area contributed by atoms with E-state index in [4.69, 9.17) is 9.72 Å². The average Bonchev–Trinajstić information content (AvgIpc) is 3.52. The van der Waals surface area contributed by atoms with Gasteiger partial charge in [-0.3, -0.25) is 4.57 Å². The molecular formula is C23H17F2N3O2S. The van der Waals surface area contributed by atoms with Gasteiger partial charge in [0, 0.05) is 22.7 Å². The molecule has 5 rings (SSSR count). The Hall–Kier alpha value is -3.39. The number of para-hydroxylation sites is 1. The minimum absolute atomic E-state index is 0.00311. The van der Waals surface area contributed by atoms with E-state index in [1.807, 2.05) is 41.8 Å². The van der Waals surface area contributed by atoms with Crippen LogP contribution in [-0.2, 0) is 17.8 Å². The van der Waals surface area contributed by atoms with Crippen molar-refractivity contribution in [3.63, 3.8) is 0 Å². The van der Waals surface area contributed by atoms with Crippen LogP contribution in [0, 0.1) is 0 Å². The second-order valence-corrected chi connectivity index (χ2v) is 8.10. The second kappa shape index (κ2) is 8.03. The van der Waals surface area contributed by atoms with E-state index in [0.29, 0.717) is 27.5 Å². The molecule has 1 aromatic carbocycles. The van der Waals surface area contributed by atoms with Crippen LogP contribution >= 0.6 is 11.3 Å². The summed E-state index contributed by atoms with van der Waals surface area (Å²) in [5, 5.41) is 2.71. The molecule has 5 nitrogen and oxygen atoms in total. The van der Waals surface area contributed by atoms with Crippen molar-refractivity contribution >= 4 is 39.9 Å². The monoisotopic (exact) mass is 437 g/mol. The molecule has 0 radical (unpaired) electrons. The number of thiophene rings is 1. The van der Waals surface area contributed by atoms with Gasteiger partial charge in [0.25, 0.3) is 0 Å². The zero-order chi connectivity index (χ0) is 21.4. The molecule has 8 heteroatoms. The van der Waals surface area contributed by atoms with E-state index < -0.39 is 12.5 Å². The SMILES string of the molecule is O=C(OCc1nccn1C(F)F)c1c2c(nc3ccccc13)/C(=C/c1cccs1)CC2. The van der Waals surface area contributed by atoms with E-state index in [1.165, 1.54) is 6.20 Å². The summed E-state index contributed by atoms with van der Waals surface area (Å²) in [5.74, 6) is -0.562. The maximum atomic E-state index is 13.1. The number of allylic oxidation sites excluding steroid dienone is 1. The van der Waals surface area contributed by atoms with Gasteiger partial charge in [-0.2, -0.15) is 8.78 Å². The number of ether oxygens (including phenoxy) is 1. The molecule has 1 aliphatic carbocycles. The van der Waals surface area contributed by atoms with Crippen LogP contribution < -0.4 is 0 Å². The number of aromatic nitrogens is 3. The Morgan fingerprint density at radius 2 is 2.10 bits per heavy atom. The van der Waals surface area contributed by atoms with Crippen LogP contribution in [-0.4, -0.2) is 20.5 Å². The lowest BCUT2D eigenvalue weighted by Crippen LogP contribution is -2.13. The Kier molecular flexibility index (Phi) is 5.07. The van der Waals surface area contributed by atoms with Crippen molar-refractivity contribution in [3.8, 4) is 0 Å². The number of benzene rings is 1. The van der Waals surface area contributed by atoms with Gasteiger partial charge in [-0.1, -0.05) is 24.3 Å². The number of imidazole rings is 1. The summed E-state index contributed by atoms with van der Waals surface area (Å²) >= 11 is 1.64. The quantitative estimate of drug-likeness (QED) is 0.374. The predicted molar refractivity (Wildman–Crippen MR) is 115 cm³/mol. The molecule has 0 fully saturated rings. The van der Waals surface area contributed by atoms with Crippen molar-refractivity contribution in [1.82, 2.24) is 14.5 Å². The number of nitrogens with zero attached hydrogens (tertiary/aromatic N) is 3. The highest BCUT2D eigenvalue weighted by atomic mass is 32.1. The first-order chi connectivity index (χ1) is 15.1. The molecule has 0 unspecified atom stereocenters. The van der Waals surface area contributed by atoms with Crippen molar-refractivity contribution in [2.24, 2.45) is 0 Å². The molecule has 156 valence electrons. The normalized spacial score (nSPS) is 14.5. The fraction of sp³-hybridized carbons (Fsp3) is 0.174. The summed E-state index contributed by atoms with van der Waals surface area (Å²) in [6.07, 6.45) is 5.96. The van der Waals surface area contributed by atoms with Crippen LogP contribution in [0.25, 0.3) is 22.6 Å². The van der Waals surface area contributed by atoms with Crippen LogP contribution in [0.15, 0.2) is 54.2 Å². The fourth-order valence-corrected chi connectivity index (χ4v) is 4.57. The van der Waals surface area contributed by atoms with Crippen LogP contribution in [0.3, 0.4) is 0 Å². The van der Waals surface area contributed by atoms with E-state index in [1.54, 1.807) is 11.3 Å². The first-order valence-electron chi connectivity index (χ1n) is 9.75. The smallest absolute Gasteiger partial charge is 0.339 e. The summed E-state index contributed by atoms with van der Waals surface area (Å²) in [7, 11) is 0. The number of hydrogen-bond acceptors (Lipinski definition) is 5. The Labute approximate surface area is 180 Å². The van der Waals surface area contributed by atoms with Gasteiger partial charge in [0.1, 0.15) is 6.61 Å². The van der Waals surface area contributed by atoms with E-state index >= 15 is 0 Å². The van der Waals surface area contributed by atoms with Gasteiger partial charge in [-0.25, -0.2) is 14.8 Å².